The number of aromatic nitrogens is 1. The molecule has 3 aromatic rings. The van der Waals surface area contributed by atoms with Crippen molar-refractivity contribution in [2.75, 3.05) is 13.1 Å². The van der Waals surface area contributed by atoms with Crippen molar-refractivity contribution >= 4 is 46.5 Å². The first-order valence-corrected chi connectivity index (χ1v) is 15.7. The van der Waals surface area contributed by atoms with Crippen molar-refractivity contribution in [1.29, 1.82) is 0 Å². The van der Waals surface area contributed by atoms with Crippen molar-refractivity contribution in [2.45, 2.75) is 62.7 Å². The summed E-state index contributed by atoms with van der Waals surface area (Å²) >= 11 is 0. The number of para-hydroxylation sites is 1. The van der Waals surface area contributed by atoms with Crippen LogP contribution in [0.3, 0.4) is 0 Å². The van der Waals surface area contributed by atoms with E-state index in [4.69, 9.17) is 28.7 Å². The standard InChI is InChI=1S/C32H45N11O6/c33-22(15-18-9-11-20(44)12-10-18)27(45)41-24(7-3-13-38-31(34)35)28(46)43-26(16-19-17-40-23-6-2-1-5-21(19)23)29(47)42-25(30(48)49)8-4-14-39-32(36)37/h1-2,5-6,9-12,17,22,24-26,40,44H,3-4,7-8,13-16,33H2,(H,41,45)(H,42,47)(H,43,46)(H,48,49)(H4,34,35,38)(H4,36,37,39). The van der Waals surface area contributed by atoms with E-state index in [1.165, 1.54) is 12.1 Å². The summed E-state index contributed by atoms with van der Waals surface area (Å²) in [6.07, 6.45) is 2.50. The molecule has 0 aliphatic heterocycles. The van der Waals surface area contributed by atoms with E-state index in [2.05, 4.69) is 30.9 Å². The van der Waals surface area contributed by atoms with Crippen LogP contribution in [0, 0.1) is 0 Å². The summed E-state index contributed by atoms with van der Waals surface area (Å²) in [6, 6.07) is 8.84. The largest absolute Gasteiger partial charge is 0.508 e. The molecular formula is C32H45N11O6. The number of H-pyrrole nitrogens is 1. The minimum atomic E-state index is -1.29. The molecule has 264 valence electrons. The molecule has 2 aromatic carbocycles. The van der Waals surface area contributed by atoms with Crippen molar-refractivity contribution in [1.82, 2.24) is 20.9 Å². The molecular weight excluding hydrogens is 634 g/mol. The van der Waals surface area contributed by atoms with Crippen molar-refractivity contribution in [3.63, 3.8) is 0 Å². The Morgan fingerprint density at radius 2 is 1.29 bits per heavy atom. The number of hydrogen-bond donors (Lipinski definition) is 11. The number of guanidine groups is 2. The Bertz CT molecular complexity index is 1630. The number of aliphatic carboxylic acids is 1. The summed E-state index contributed by atoms with van der Waals surface area (Å²) in [5.41, 5.74) is 29.9. The van der Waals surface area contributed by atoms with Crippen LogP contribution in [0.4, 0.5) is 0 Å². The van der Waals surface area contributed by atoms with Crippen LogP contribution in [0.25, 0.3) is 10.9 Å². The Morgan fingerprint density at radius 3 is 1.90 bits per heavy atom. The van der Waals surface area contributed by atoms with Crippen LogP contribution < -0.4 is 44.6 Å². The van der Waals surface area contributed by atoms with Gasteiger partial charge in [0.1, 0.15) is 23.9 Å². The first kappa shape index (κ1) is 37.6. The number of aromatic amines is 1. The highest BCUT2D eigenvalue weighted by Crippen LogP contribution is 2.20. The third-order valence-electron chi connectivity index (χ3n) is 7.60. The molecule has 0 spiro atoms. The number of carbonyl (C=O) groups is 4. The second-order valence-electron chi connectivity index (χ2n) is 11.5. The molecule has 0 saturated heterocycles. The molecule has 0 aliphatic carbocycles. The van der Waals surface area contributed by atoms with Crippen LogP contribution in [-0.2, 0) is 32.0 Å². The quantitative estimate of drug-likeness (QED) is 0.0399. The zero-order chi connectivity index (χ0) is 35.9. The van der Waals surface area contributed by atoms with Gasteiger partial charge in [-0.1, -0.05) is 30.3 Å². The third kappa shape index (κ3) is 12.4. The van der Waals surface area contributed by atoms with Gasteiger partial charge in [0.2, 0.25) is 17.7 Å². The topological polar surface area (TPSA) is 315 Å². The van der Waals surface area contributed by atoms with Crippen LogP contribution in [0.1, 0.15) is 36.8 Å². The van der Waals surface area contributed by atoms with Crippen molar-refractivity contribution in [3.8, 4) is 5.75 Å². The maximum atomic E-state index is 13.8. The molecule has 0 fully saturated rings. The van der Waals surface area contributed by atoms with Crippen molar-refractivity contribution in [2.24, 2.45) is 38.7 Å². The van der Waals surface area contributed by atoms with Gasteiger partial charge in [-0.3, -0.25) is 24.4 Å². The number of phenols is 1. The second-order valence-corrected chi connectivity index (χ2v) is 11.5. The maximum Gasteiger partial charge on any atom is 0.326 e. The van der Waals surface area contributed by atoms with Gasteiger partial charge in [0, 0.05) is 36.6 Å². The molecule has 1 heterocycles. The number of aliphatic imine (C=N–C) groups is 2. The second kappa shape index (κ2) is 18.5. The number of rotatable bonds is 19. The first-order valence-electron chi connectivity index (χ1n) is 15.7. The molecule has 4 atom stereocenters. The number of carbonyl (C=O) groups excluding carboxylic acids is 3. The van der Waals surface area contributed by atoms with E-state index in [1.807, 2.05) is 24.3 Å². The summed E-state index contributed by atoms with van der Waals surface area (Å²) in [5.74, 6) is -3.56. The zero-order valence-electron chi connectivity index (χ0n) is 27.0. The molecule has 16 N–H and O–H groups in total. The molecule has 0 bridgehead atoms. The van der Waals surface area contributed by atoms with Crippen molar-refractivity contribution < 1.29 is 29.4 Å². The molecule has 17 heteroatoms. The van der Waals surface area contributed by atoms with E-state index in [1.54, 1.807) is 18.3 Å². The highest BCUT2D eigenvalue weighted by molar-refractivity contribution is 5.95. The number of nitrogens with two attached hydrogens (primary N) is 5. The molecule has 0 radical (unpaired) electrons. The lowest BCUT2D eigenvalue weighted by Crippen LogP contribution is -2.57. The molecule has 17 nitrogen and oxygen atoms in total. The van der Waals surface area contributed by atoms with Crippen LogP contribution in [0.15, 0.2) is 64.7 Å². The minimum Gasteiger partial charge on any atom is -0.508 e. The average Bonchev–Trinajstić information content (AvgIpc) is 3.46. The van der Waals surface area contributed by atoms with Crippen LogP contribution >= 0.6 is 0 Å². The normalized spacial score (nSPS) is 13.3. The lowest BCUT2D eigenvalue weighted by Gasteiger charge is -2.25. The number of nitrogens with zero attached hydrogens (tertiary/aromatic N) is 2. The number of benzene rings is 2. The fourth-order valence-corrected chi connectivity index (χ4v) is 5.07. The van der Waals surface area contributed by atoms with Gasteiger partial charge in [-0.15, -0.1) is 0 Å². The predicted molar refractivity (Wildman–Crippen MR) is 185 cm³/mol. The summed E-state index contributed by atoms with van der Waals surface area (Å²) in [5, 5.41) is 28.1. The Balaban J connectivity index is 1.83. The van der Waals surface area contributed by atoms with Gasteiger partial charge >= 0.3 is 5.97 Å². The summed E-state index contributed by atoms with van der Waals surface area (Å²) < 4.78 is 0. The highest BCUT2D eigenvalue weighted by atomic mass is 16.4. The zero-order valence-corrected chi connectivity index (χ0v) is 27.0. The molecule has 0 saturated carbocycles. The summed E-state index contributed by atoms with van der Waals surface area (Å²) in [7, 11) is 0. The Morgan fingerprint density at radius 1 is 0.735 bits per heavy atom. The first-order chi connectivity index (χ1) is 23.3. The molecule has 3 amide bonds. The predicted octanol–water partition coefficient (Wildman–Crippen LogP) is -1.37. The maximum absolute atomic E-state index is 13.8. The van der Waals surface area contributed by atoms with Gasteiger partial charge < -0.3 is 59.8 Å². The minimum absolute atomic E-state index is 0.00302. The molecule has 49 heavy (non-hydrogen) atoms. The third-order valence-corrected chi connectivity index (χ3v) is 7.60. The molecule has 1 aromatic heterocycles. The molecule has 0 aliphatic rings. The fourth-order valence-electron chi connectivity index (χ4n) is 5.07. The Labute approximate surface area is 282 Å². The number of aromatic hydroxyl groups is 1. The van der Waals surface area contributed by atoms with Gasteiger partial charge in [-0.05, 0) is 61.4 Å². The van der Waals surface area contributed by atoms with Crippen LogP contribution in [-0.4, -0.2) is 88.1 Å². The van der Waals surface area contributed by atoms with Crippen molar-refractivity contribution in [3.05, 3.63) is 65.9 Å². The lowest BCUT2D eigenvalue weighted by atomic mass is 10.0. The lowest BCUT2D eigenvalue weighted by molar-refractivity contribution is -0.142. The van der Waals surface area contributed by atoms with Gasteiger partial charge in [0.05, 0.1) is 6.04 Å². The fraction of sp³-hybridized carbons (Fsp3) is 0.375. The average molecular weight is 680 g/mol. The Hall–Kier alpha value is -5.84. The van der Waals surface area contributed by atoms with E-state index in [9.17, 15) is 29.4 Å². The monoisotopic (exact) mass is 679 g/mol. The van der Waals surface area contributed by atoms with E-state index in [0.29, 0.717) is 17.5 Å². The summed E-state index contributed by atoms with van der Waals surface area (Å²) in [4.78, 5) is 63.6. The van der Waals surface area contributed by atoms with E-state index < -0.39 is 47.9 Å². The number of phenolic OH excluding ortho intramolecular Hbond substituents is 1. The van der Waals surface area contributed by atoms with Gasteiger partial charge in [0.15, 0.2) is 11.9 Å². The summed E-state index contributed by atoms with van der Waals surface area (Å²) in [6.45, 7) is 0.328. The number of carboxylic acids is 1. The number of amides is 3. The Kier molecular flexibility index (Phi) is 14.2. The smallest absolute Gasteiger partial charge is 0.326 e. The molecule has 3 rings (SSSR count). The SMILES string of the molecule is NC(N)=NCCCC(NC(=O)C(Cc1c[nH]c2ccccc12)NC(=O)C(CCCN=C(N)N)NC(=O)C(N)Cc1ccc(O)cc1)C(=O)O. The van der Waals surface area contributed by atoms with Crippen LogP contribution in [0.2, 0.25) is 0 Å². The van der Waals surface area contributed by atoms with E-state index in [0.717, 1.165) is 10.9 Å². The highest BCUT2D eigenvalue weighted by Gasteiger charge is 2.31. The van der Waals surface area contributed by atoms with Gasteiger partial charge in [-0.25, -0.2) is 4.79 Å². The number of fused-ring (bicyclic) bond motifs is 1. The van der Waals surface area contributed by atoms with Gasteiger partial charge in [0.25, 0.3) is 0 Å². The number of carboxylic acid groups (broad SMARTS) is 1. The molecule has 4 unspecified atom stereocenters. The van der Waals surface area contributed by atoms with Crippen LogP contribution in [0.5, 0.6) is 5.75 Å². The van der Waals surface area contributed by atoms with E-state index in [-0.39, 0.29) is 62.9 Å². The van der Waals surface area contributed by atoms with E-state index >= 15 is 0 Å². The number of nitrogens with one attached hydrogen (secondary N) is 4. The number of hydrogen-bond acceptors (Lipinski definition) is 8. The van der Waals surface area contributed by atoms with Gasteiger partial charge in [-0.2, -0.15) is 0 Å².